The first-order chi connectivity index (χ1) is 9.51. The van der Waals surface area contributed by atoms with Crippen molar-refractivity contribution < 1.29 is 17.6 Å². The largest absolute Gasteiger partial charge is 0.323 e. The molecule has 0 fully saturated rings. The molecule has 0 atom stereocenters. The number of hydrogen-bond acceptors (Lipinski definition) is 4. The summed E-state index contributed by atoms with van der Waals surface area (Å²) in [5.41, 5.74) is -0.0333. The minimum absolute atomic E-state index is 0.0333. The van der Waals surface area contributed by atoms with E-state index in [-0.39, 0.29) is 15.5 Å². The highest BCUT2D eigenvalue weighted by atomic mass is 32.2. The Kier molecular flexibility index (Phi) is 4.79. The van der Waals surface area contributed by atoms with Crippen molar-refractivity contribution >= 4 is 29.6 Å². The Bertz CT molecular complexity index is 617. The number of halogens is 4. The number of rotatable bonds is 4. The summed E-state index contributed by atoms with van der Waals surface area (Å²) in [6.45, 7) is 0. The normalized spacial score (nSPS) is 10.7. The summed E-state index contributed by atoms with van der Waals surface area (Å²) in [6.07, 6.45) is 0. The quantitative estimate of drug-likeness (QED) is 0.650. The number of nitrogens with one attached hydrogen (secondary N) is 1. The van der Waals surface area contributed by atoms with Crippen LogP contribution in [-0.4, -0.2) is 0 Å². The van der Waals surface area contributed by atoms with Crippen molar-refractivity contribution in [2.75, 3.05) is 4.72 Å². The molecule has 2 aromatic carbocycles. The summed E-state index contributed by atoms with van der Waals surface area (Å²) in [5, 5.41) is 5.17. The lowest BCUT2D eigenvalue weighted by atomic mass is 10.3. The Hall–Kier alpha value is -1.38. The molecule has 0 bridgehead atoms. The fraction of sp³-hybridized carbons (Fsp3) is 0. The molecule has 0 spiro atoms. The second kappa shape index (κ2) is 6.38. The van der Waals surface area contributed by atoms with E-state index in [1.807, 2.05) is 0 Å². The third-order valence-electron chi connectivity index (χ3n) is 2.28. The fourth-order valence-corrected chi connectivity index (χ4v) is 2.54. The predicted molar refractivity (Wildman–Crippen MR) is 72.2 cm³/mol. The van der Waals surface area contributed by atoms with Crippen molar-refractivity contribution in [3.8, 4) is 0 Å². The highest BCUT2D eigenvalue weighted by molar-refractivity contribution is 8.00. The van der Waals surface area contributed by atoms with E-state index < -0.39 is 23.3 Å². The molecule has 0 aliphatic heterocycles. The van der Waals surface area contributed by atoms with Gasteiger partial charge in [0.15, 0.2) is 5.82 Å². The van der Waals surface area contributed by atoms with Crippen LogP contribution in [0.25, 0.3) is 0 Å². The molecular weight excluding hydrogens is 312 g/mol. The van der Waals surface area contributed by atoms with Crippen molar-refractivity contribution in [2.45, 2.75) is 9.79 Å². The fourth-order valence-electron chi connectivity index (χ4n) is 1.42. The zero-order valence-electron chi connectivity index (χ0n) is 9.79. The minimum Gasteiger partial charge on any atom is -0.323 e. The molecule has 2 nitrogen and oxygen atoms in total. The first-order valence-corrected chi connectivity index (χ1v) is 6.94. The van der Waals surface area contributed by atoms with Gasteiger partial charge < -0.3 is 4.72 Å². The molecule has 0 saturated heterocycles. The Labute approximate surface area is 121 Å². The van der Waals surface area contributed by atoms with Crippen LogP contribution in [0.4, 0.5) is 23.2 Å². The lowest BCUT2D eigenvalue weighted by Crippen LogP contribution is -1.97. The molecule has 0 saturated carbocycles. The van der Waals surface area contributed by atoms with Gasteiger partial charge in [0.1, 0.15) is 17.5 Å². The van der Waals surface area contributed by atoms with Crippen LogP contribution in [0.1, 0.15) is 0 Å². The van der Waals surface area contributed by atoms with Gasteiger partial charge in [-0.15, -0.1) is 0 Å². The molecule has 0 amide bonds. The smallest absolute Gasteiger partial charge is 0.164 e. The maximum Gasteiger partial charge on any atom is 0.164 e. The summed E-state index contributed by atoms with van der Waals surface area (Å²) in [5.74, 6) is -3.12. The molecule has 0 heterocycles. The van der Waals surface area contributed by atoms with E-state index in [1.165, 1.54) is 6.07 Å². The molecule has 2 aromatic rings. The van der Waals surface area contributed by atoms with Crippen molar-refractivity contribution in [3.63, 3.8) is 0 Å². The van der Waals surface area contributed by atoms with E-state index in [4.69, 9.17) is 5.14 Å². The standard InChI is InChI=1S/C12H8F4N2S2/c13-6-3-7(14)5-8(4-6)20-18-10-2-1-9(15)12(19-17)11(10)16/h1-5,18H,17H2. The first kappa shape index (κ1) is 15.0. The van der Waals surface area contributed by atoms with E-state index in [0.717, 1.165) is 36.2 Å². The summed E-state index contributed by atoms with van der Waals surface area (Å²) in [7, 11) is 0. The molecule has 106 valence electrons. The monoisotopic (exact) mass is 320 g/mol. The van der Waals surface area contributed by atoms with E-state index >= 15 is 0 Å². The van der Waals surface area contributed by atoms with Gasteiger partial charge in [-0.05, 0) is 48.2 Å². The summed E-state index contributed by atoms with van der Waals surface area (Å²) < 4.78 is 55.6. The van der Waals surface area contributed by atoms with Crippen molar-refractivity contribution in [3.05, 3.63) is 53.6 Å². The molecule has 20 heavy (non-hydrogen) atoms. The van der Waals surface area contributed by atoms with Crippen molar-refractivity contribution in [2.24, 2.45) is 5.14 Å². The van der Waals surface area contributed by atoms with Crippen molar-refractivity contribution in [1.82, 2.24) is 0 Å². The van der Waals surface area contributed by atoms with Gasteiger partial charge in [-0.3, -0.25) is 5.14 Å². The van der Waals surface area contributed by atoms with Gasteiger partial charge >= 0.3 is 0 Å². The maximum absolute atomic E-state index is 13.8. The average Bonchev–Trinajstić information content (AvgIpc) is 2.37. The molecule has 0 aliphatic carbocycles. The van der Waals surface area contributed by atoms with Gasteiger partial charge in [-0.25, -0.2) is 17.6 Å². The van der Waals surface area contributed by atoms with Crippen LogP contribution in [-0.2, 0) is 0 Å². The summed E-state index contributed by atoms with van der Waals surface area (Å²) in [4.78, 5) is -0.116. The van der Waals surface area contributed by atoms with Crippen LogP contribution in [0.2, 0.25) is 0 Å². The molecule has 0 radical (unpaired) electrons. The second-order valence-electron chi connectivity index (χ2n) is 3.67. The first-order valence-electron chi connectivity index (χ1n) is 5.25. The Morgan fingerprint density at radius 1 is 0.950 bits per heavy atom. The van der Waals surface area contributed by atoms with E-state index in [0.29, 0.717) is 11.9 Å². The third-order valence-corrected chi connectivity index (χ3v) is 3.69. The van der Waals surface area contributed by atoms with Crippen LogP contribution < -0.4 is 9.86 Å². The summed E-state index contributed by atoms with van der Waals surface area (Å²) in [6, 6.07) is 5.12. The van der Waals surface area contributed by atoms with E-state index in [9.17, 15) is 17.6 Å². The SMILES string of the molecule is NSc1c(F)ccc(NSc2cc(F)cc(F)c2)c1F. The lowest BCUT2D eigenvalue weighted by molar-refractivity contribution is 0.544. The van der Waals surface area contributed by atoms with Crippen LogP contribution in [0.15, 0.2) is 40.1 Å². The predicted octanol–water partition coefficient (Wildman–Crippen LogP) is 4.33. The third kappa shape index (κ3) is 3.38. The van der Waals surface area contributed by atoms with Gasteiger partial charge in [-0.2, -0.15) is 0 Å². The molecule has 0 aliphatic rings. The zero-order chi connectivity index (χ0) is 14.7. The average molecular weight is 320 g/mol. The Morgan fingerprint density at radius 3 is 2.20 bits per heavy atom. The van der Waals surface area contributed by atoms with Crippen LogP contribution in [0.5, 0.6) is 0 Å². The Balaban J connectivity index is 2.19. The molecule has 2 rings (SSSR count). The topological polar surface area (TPSA) is 38.0 Å². The molecule has 8 heteroatoms. The molecule has 3 N–H and O–H groups in total. The number of benzene rings is 2. The van der Waals surface area contributed by atoms with Crippen LogP contribution in [0, 0.1) is 23.3 Å². The lowest BCUT2D eigenvalue weighted by Gasteiger charge is -2.09. The molecule has 0 unspecified atom stereocenters. The van der Waals surface area contributed by atoms with Crippen LogP contribution in [0.3, 0.4) is 0 Å². The minimum atomic E-state index is -0.859. The van der Waals surface area contributed by atoms with Gasteiger partial charge in [0.05, 0.1) is 10.6 Å². The van der Waals surface area contributed by atoms with Gasteiger partial charge in [0.25, 0.3) is 0 Å². The maximum atomic E-state index is 13.8. The highest BCUT2D eigenvalue weighted by Gasteiger charge is 2.13. The number of hydrogen-bond donors (Lipinski definition) is 2. The Morgan fingerprint density at radius 2 is 1.60 bits per heavy atom. The van der Waals surface area contributed by atoms with Crippen molar-refractivity contribution in [1.29, 1.82) is 0 Å². The number of anilines is 1. The zero-order valence-corrected chi connectivity index (χ0v) is 11.4. The highest BCUT2D eigenvalue weighted by Crippen LogP contribution is 2.30. The van der Waals surface area contributed by atoms with Gasteiger partial charge in [0, 0.05) is 11.0 Å². The summed E-state index contributed by atoms with van der Waals surface area (Å²) >= 11 is 1.24. The molecule has 0 aromatic heterocycles. The number of nitrogens with two attached hydrogens (primary N) is 1. The molecular formula is C12H8F4N2S2. The van der Waals surface area contributed by atoms with E-state index in [1.54, 1.807) is 0 Å². The van der Waals surface area contributed by atoms with Crippen LogP contribution >= 0.6 is 23.9 Å². The van der Waals surface area contributed by atoms with Gasteiger partial charge in [0.2, 0.25) is 0 Å². The van der Waals surface area contributed by atoms with Gasteiger partial charge in [-0.1, -0.05) is 0 Å². The second-order valence-corrected chi connectivity index (χ2v) is 5.19. The van der Waals surface area contributed by atoms with E-state index in [2.05, 4.69) is 4.72 Å².